The van der Waals surface area contributed by atoms with Gasteiger partial charge >= 0.3 is 0 Å². The second-order valence-corrected chi connectivity index (χ2v) is 4.67. The van der Waals surface area contributed by atoms with E-state index >= 15 is 0 Å². The van der Waals surface area contributed by atoms with Crippen molar-refractivity contribution in [3.05, 3.63) is 65.2 Å². The van der Waals surface area contributed by atoms with Crippen molar-refractivity contribution in [1.82, 2.24) is 9.97 Å². The van der Waals surface area contributed by atoms with Gasteiger partial charge in [-0.25, -0.2) is 14.4 Å². The number of benzene rings is 2. The summed E-state index contributed by atoms with van der Waals surface area (Å²) in [5.74, 6) is -0.979. The Morgan fingerprint density at radius 2 is 1.76 bits per heavy atom. The lowest BCUT2D eigenvalue weighted by atomic mass is 10.2. The third-order valence-electron chi connectivity index (χ3n) is 2.83. The molecule has 0 atom stereocenters. The predicted molar refractivity (Wildman–Crippen MR) is 78.9 cm³/mol. The van der Waals surface area contributed by atoms with Crippen LogP contribution < -0.4 is 5.32 Å². The molecule has 0 aliphatic rings. The number of nitrogens with one attached hydrogen (secondary N) is 1. The molecular formula is C15H9ClFN3O. The zero-order valence-electron chi connectivity index (χ0n) is 10.7. The highest BCUT2D eigenvalue weighted by Crippen LogP contribution is 2.18. The van der Waals surface area contributed by atoms with E-state index in [1.807, 2.05) is 0 Å². The summed E-state index contributed by atoms with van der Waals surface area (Å²) in [5, 5.41) is 2.54. The number of halogens is 2. The van der Waals surface area contributed by atoms with E-state index in [0.717, 1.165) is 0 Å². The summed E-state index contributed by atoms with van der Waals surface area (Å²) < 4.78 is 13.1. The topological polar surface area (TPSA) is 54.9 Å². The molecule has 0 spiro atoms. The Balaban J connectivity index is 1.96. The Morgan fingerprint density at radius 1 is 1.05 bits per heavy atom. The van der Waals surface area contributed by atoms with Crippen molar-refractivity contribution in [2.45, 2.75) is 0 Å². The Bertz CT molecular complexity index is 838. The molecule has 1 N–H and O–H groups in total. The largest absolute Gasteiger partial charge is 0.320 e. The number of amides is 1. The number of aromatic nitrogens is 2. The molecule has 0 aliphatic heterocycles. The van der Waals surface area contributed by atoms with Crippen molar-refractivity contribution in [3.8, 4) is 0 Å². The SMILES string of the molecule is O=C(Nc1cccc(F)c1)c1nc2ccccc2nc1Cl. The summed E-state index contributed by atoms with van der Waals surface area (Å²) in [5.41, 5.74) is 1.49. The van der Waals surface area contributed by atoms with Gasteiger partial charge in [0.05, 0.1) is 11.0 Å². The van der Waals surface area contributed by atoms with E-state index < -0.39 is 11.7 Å². The van der Waals surface area contributed by atoms with Crippen molar-refractivity contribution >= 4 is 34.2 Å². The average molecular weight is 302 g/mol. The van der Waals surface area contributed by atoms with Crippen LogP contribution in [0.25, 0.3) is 11.0 Å². The Morgan fingerprint density at radius 3 is 2.48 bits per heavy atom. The molecular weight excluding hydrogens is 293 g/mol. The zero-order chi connectivity index (χ0) is 14.8. The van der Waals surface area contributed by atoms with E-state index in [1.54, 1.807) is 30.3 Å². The second-order valence-electron chi connectivity index (χ2n) is 4.32. The van der Waals surface area contributed by atoms with Gasteiger partial charge in [-0.3, -0.25) is 4.79 Å². The summed E-state index contributed by atoms with van der Waals surface area (Å²) in [7, 11) is 0. The summed E-state index contributed by atoms with van der Waals surface area (Å²) >= 11 is 5.99. The number of rotatable bonds is 2. The normalized spacial score (nSPS) is 10.6. The fourth-order valence-electron chi connectivity index (χ4n) is 1.88. The number of anilines is 1. The van der Waals surface area contributed by atoms with Gasteiger partial charge in [-0.05, 0) is 30.3 Å². The molecule has 4 nitrogen and oxygen atoms in total. The predicted octanol–water partition coefficient (Wildman–Crippen LogP) is 3.67. The minimum Gasteiger partial charge on any atom is -0.320 e. The molecule has 0 bridgehead atoms. The van der Waals surface area contributed by atoms with Crippen molar-refractivity contribution in [2.75, 3.05) is 5.32 Å². The smallest absolute Gasteiger partial charge is 0.277 e. The Labute approximate surface area is 124 Å². The summed E-state index contributed by atoms with van der Waals surface area (Å²) in [6.45, 7) is 0. The van der Waals surface area contributed by atoms with Crippen LogP contribution in [0, 0.1) is 5.82 Å². The van der Waals surface area contributed by atoms with Crippen LogP contribution >= 0.6 is 11.6 Å². The molecule has 1 amide bonds. The maximum Gasteiger partial charge on any atom is 0.277 e. The summed E-state index contributed by atoms with van der Waals surface area (Å²) in [6, 6.07) is 12.7. The molecule has 21 heavy (non-hydrogen) atoms. The lowest BCUT2D eigenvalue weighted by Gasteiger charge is -2.07. The van der Waals surface area contributed by atoms with E-state index in [0.29, 0.717) is 16.7 Å². The molecule has 0 fully saturated rings. The molecule has 3 aromatic rings. The van der Waals surface area contributed by atoms with Crippen LogP contribution in [0.4, 0.5) is 10.1 Å². The minimum atomic E-state index is -0.538. The highest BCUT2D eigenvalue weighted by molar-refractivity contribution is 6.33. The molecule has 2 aromatic carbocycles. The highest BCUT2D eigenvalue weighted by Gasteiger charge is 2.15. The molecule has 0 saturated carbocycles. The third kappa shape index (κ3) is 2.83. The third-order valence-corrected chi connectivity index (χ3v) is 3.09. The maximum atomic E-state index is 13.1. The number of hydrogen-bond donors (Lipinski definition) is 1. The van der Waals surface area contributed by atoms with Gasteiger partial charge < -0.3 is 5.32 Å². The second kappa shape index (κ2) is 5.46. The lowest BCUT2D eigenvalue weighted by molar-refractivity contribution is 0.102. The van der Waals surface area contributed by atoms with Crippen LogP contribution in [0.1, 0.15) is 10.5 Å². The standard InChI is InChI=1S/C15H9ClFN3O/c16-14-13(19-11-6-1-2-7-12(11)20-14)15(21)18-10-5-3-4-9(17)8-10/h1-8H,(H,18,21). The van der Waals surface area contributed by atoms with E-state index in [2.05, 4.69) is 15.3 Å². The van der Waals surface area contributed by atoms with Crippen LogP contribution in [-0.4, -0.2) is 15.9 Å². The van der Waals surface area contributed by atoms with Crippen LogP contribution in [-0.2, 0) is 0 Å². The first-order valence-corrected chi connectivity index (χ1v) is 6.50. The van der Waals surface area contributed by atoms with E-state index in [1.165, 1.54) is 18.2 Å². The first-order chi connectivity index (χ1) is 10.1. The number of carbonyl (C=O) groups is 1. The molecule has 0 unspecified atom stereocenters. The first-order valence-electron chi connectivity index (χ1n) is 6.13. The van der Waals surface area contributed by atoms with Crippen LogP contribution in [0.2, 0.25) is 5.15 Å². The number of hydrogen-bond acceptors (Lipinski definition) is 3. The van der Waals surface area contributed by atoms with E-state index in [9.17, 15) is 9.18 Å². The van der Waals surface area contributed by atoms with Crippen LogP contribution in [0.3, 0.4) is 0 Å². The molecule has 0 radical (unpaired) electrons. The van der Waals surface area contributed by atoms with Gasteiger partial charge in [0.15, 0.2) is 10.8 Å². The Kier molecular flexibility index (Phi) is 3.50. The summed E-state index contributed by atoms with van der Waals surface area (Å²) in [6.07, 6.45) is 0. The maximum absolute atomic E-state index is 13.1. The molecule has 0 saturated heterocycles. The molecule has 3 rings (SSSR count). The first kappa shape index (κ1) is 13.5. The Hall–Kier alpha value is -2.53. The van der Waals surface area contributed by atoms with Crippen molar-refractivity contribution in [2.24, 2.45) is 0 Å². The van der Waals surface area contributed by atoms with Gasteiger partial charge in [0.2, 0.25) is 0 Å². The van der Waals surface area contributed by atoms with Gasteiger partial charge in [0, 0.05) is 5.69 Å². The quantitative estimate of drug-likeness (QED) is 0.785. The molecule has 0 aliphatic carbocycles. The average Bonchev–Trinajstić information content (AvgIpc) is 2.46. The van der Waals surface area contributed by atoms with E-state index in [-0.39, 0.29) is 10.8 Å². The highest BCUT2D eigenvalue weighted by atomic mass is 35.5. The van der Waals surface area contributed by atoms with Gasteiger partial charge in [-0.2, -0.15) is 0 Å². The van der Waals surface area contributed by atoms with Crippen molar-refractivity contribution in [3.63, 3.8) is 0 Å². The molecule has 104 valence electrons. The van der Waals surface area contributed by atoms with E-state index in [4.69, 9.17) is 11.6 Å². The van der Waals surface area contributed by atoms with Crippen molar-refractivity contribution in [1.29, 1.82) is 0 Å². The fraction of sp³-hybridized carbons (Fsp3) is 0. The van der Waals surface area contributed by atoms with Gasteiger partial charge in [-0.1, -0.05) is 29.8 Å². The molecule has 1 heterocycles. The van der Waals surface area contributed by atoms with Crippen LogP contribution in [0.15, 0.2) is 48.5 Å². The minimum absolute atomic E-state index is 0.000345. The monoisotopic (exact) mass is 301 g/mol. The van der Waals surface area contributed by atoms with Gasteiger partial charge in [-0.15, -0.1) is 0 Å². The number of nitrogens with zero attached hydrogens (tertiary/aromatic N) is 2. The lowest BCUT2D eigenvalue weighted by Crippen LogP contribution is -2.15. The molecule has 1 aromatic heterocycles. The van der Waals surface area contributed by atoms with Gasteiger partial charge in [0.1, 0.15) is 5.82 Å². The number of carbonyl (C=O) groups excluding carboxylic acids is 1. The zero-order valence-corrected chi connectivity index (χ0v) is 11.4. The fourth-order valence-corrected chi connectivity index (χ4v) is 2.10. The van der Waals surface area contributed by atoms with Crippen LogP contribution in [0.5, 0.6) is 0 Å². The molecule has 6 heteroatoms. The summed E-state index contributed by atoms with van der Waals surface area (Å²) in [4.78, 5) is 20.5. The number of fused-ring (bicyclic) bond motifs is 1. The number of para-hydroxylation sites is 2. The van der Waals surface area contributed by atoms with Gasteiger partial charge in [0.25, 0.3) is 5.91 Å². The van der Waals surface area contributed by atoms with Crippen molar-refractivity contribution < 1.29 is 9.18 Å².